The molecular formula is C32H34N4O4S. The lowest BCUT2D eigenvalue weighted by Gasteiger charge is -2.20. The quantitative estimate of drug-likeness (QED) is 0.214. The van der Waals surface area contributed by atoms with E-state index in [0.29, 0.717) is 37.4 Å². The molecule has 4 aromatic rings. The maximum atomic E-state index is 12.1. The molecule has 8 nitrogen and oxygen atoms in total. The van der Waals surface area contributed by atoms with Crippen LogP contribution in [-0.4, -0.2) is 22.9 Å². The van der Waals surface area contributed by atoms with E-state index in [9.17, 15) is 4.79 Å². The second-order valence-corrected chi connectivity index (χ2v) is 11.7. The molecule has 0 radical (unpaired) electrons. The van der Waals surface area contributed by atoms with Crippen molar-refractivity contribution in [1.82, 2.24) is 5.16 Å². The van der Waals surface area contributed by atoms with Crippen LogP contribution < -0.4 is 15.2 Å². The second kappa shape index (κ2) is 13.0. The van der Waals surface area contributed by atoms with Gasteiger partial charge in [0.1, 0.15) is 30.5 Å². The number of aromatic nitrogens is 1. The first kappa shape index (κ1) is 28.3. The molecule has 1 aromatic heterocycles. The number of primary amides is 1. The van der Waals surface area contributed by atoms with Gasteiger partial charge in [-0.15, -0.1) is 0 Å². The van der Waals surface area contributed by atoms with Crippen LogP contribution in [0.2, 0.25) is 0 Å². The fourth-order valence-corrected chi connectivity index (χ4v) is 5.51. The van der Waals surface area contributed by atoms with Gasteiger partial charge in [-0.3, -0.25) is 9.79 Å². The number of ether oxygens (including phenoxy) is 2. The fourth-order valence-electron chi connectivity index (χ4n) is 4.69. The Labute approximate surface area is 242 Å². The summed E-state index contributed by atoms with van der Waals surface area (Å²) in [6.07, 6.45) is 2.47. The molecule has 9 heteroatoms. The number of nitrogens with two attached hydrogens (primary N) is 1. The Morgan fingerprint density at radius 2 is 1.59 bits per heavy atom. The summed E-state index contributed by atoms with van der Waals surface area (Å²) in [5.41, 5.74) is 12.3. The Morgan fingerprint density at radius 3 is 2.15 bits per heavy atom. The largest absolute Gasteiger partial charge is 0.488 e. The van der Waals surface area contributed by atoms with E-state index in [-0.39, 0.29) is 22.3 Å². The molecule has 2 N–H and O–H groups in total. The van der Waals surface area contributed by atoms with Crippen molar-refractivity contribution in [2.24, 2.45) is 15.1 Å². The number of hydrogen-bond donors (Lipinski definition) is 1. The predicted molar refractivity (Wildman–Crippen MR) is 161 cm³/mol. The van der Waals surface area contributed by atoms with Crippen LogP contribution in [0.25, 0.3) is 0 Å². The third-order valence-corrected chi connectivity index (χ3v) is 7.78. The highest BCUT2D eigenvalue weighted by molar-refractivity contribution is 8.00. The van der Waals surface area contributed by atoms with E-state index in [1.54, 1.807) is 5.55 Å². The Balaban J connectivity index is 1.46. The molecule has 0 aliphatic carbocycles. The van der Waals surface area contributed by atoms with Crippen molar-refractivity contribution in [3.8, 4) is 11.5 Å². The summed E-state index contributed by atoms with van der Waals surface area (Å²) < 4.78 is 23.0. The Morgan fingerprint density at radius 1 is 0.951 bits per heavy atom. The monoisotopic (exact) mass is 570 g/mol. The summed E-state index contributed by atoms with van der Waals surface area (Å²) in [6.45, 7) is 5.17. The van der Waals surface area contributed by atoms with Gasteiger partial charge < -0.3 is 19.7 Å². The number of amides is 1. The number of aliphatic imine (C=N–C) groups is 1. The van der Waals surface area contributed by atoms with Crippen LogP contribution in [0.3, 0.4) is 0 Å². The van der Waals surface area contributed by atoms with Crippen molar-refractivity contribution in [1.29, 1.82) is 0 Å². The van der Waals surface area contributed by atoms with Crippen LogP contribution in [0.4, 0.5) is 0 Å². The fraction of sp³-hybridized carbons (Fsp3) is 0.281. The minimum absolute atomic E-state index is 0.0814. The van der Waals surface area contributed by atoms with Gasteiger partial charge in [-0.25, -0.2) is 4.36 Å². The molecule has 0 fully saturated rings. The summed E-state index contributed by atoms with van der Waals surface area (Å²) >= 11 is 0. The van der Waals surface area contributed by atoms with Crippen LogP contribution in [0.1, 0.15) is 70.0 Å². The molecule has 1 amide bonds. The first-order valence-corrected chi connectivity index (χ1v) is 15.2. The smallest absolute Gasteiger partial charge is 0.271 e. The van der Waals surface area contributed by atoms with Gasteiger partial charge >= 0.3 is 0 Å². The summed E-state index contributed by atoms with van der Waals surface area (Å²) in [6, 6.07) is 24.3. The van der Waals surface area contributed by atoms with Gasteiger partial charge in [0.2, 0.25) is 0 Å². The van der Waals surface area contributed by atoms with Gasteiger partial charge in [0, 0.05) is 12.5 Å². The number of aryl methyl sites for hydroxylation is 2. The van der Waals surface area contributed by atoms with Crippen molar-refractivity contribution in [3.05, 3.63) is 112 Å². The normalized spacial score (nSPS) is 16.1. The molecular weight excluding hydrogens is 536 g/mol. The number of benzene rings is 3. The number of nitrogens with zero attached hydrogens (tertiary/aromatic N) is 3. The molecule has 3 aromatic carbocycles. The lowest BCUT2D eigenvalue weighted by atomic mass is 9.95. The maximum absolute atomic E-state index is 12.1. The first-order chi connectivity index (χ1) is 19.9. The highest BCUT2D eigenvalue weighted by Crippen LogP contribution is 2.37. The van der Waals surface area contributed by atoms with E-state index in [0.717, 1.165) is 33.8 Å². The number of carbonyl (C=O) groups excluding carboxylic acids is 1. The molecule has 1 aliphatic rings. The zero-order valence-electron chi connectivity index (χ0n) is 23.4. The SMILES string of the molecule is CC(C)c1cc(CCc2onc(C(N)=O)c2C2N=CS(C)=N2)c(OCc2ccccc2)cc1OCc1ccccc1. The summed E-state index contributed by atoms with van der Waals surface area (Å²) in [4.78, 5) is 16.6. The van der Waals surface area contributed by atoms with E-state index in [4.69, 9.17) is 19.7 Å². The van der Waals surface area contributed by atoms with Crippen molar-refractivity contribution < 1.29 is 18.8 Å². The zero-order chi connectivity index (χ0) is 28.8. The lowest BCUT2D eigenvalue weighted by molar-refractivity contribution is 0.0990. The van der Waals surface area contributed by atoms with Crippen LogP contribution in [-0.2, 0) is 36.7 Å². The average Bonchev–Trinajstić information content (AvgIpc) is 3.61. The van der Waals surface area contributed by atoms with Crippen molar-refractivity contribution in [3.63, 3.8) is 0 Å². The molecule has 5 rings (SSSR count). The third kappa shape index (κ3) is 6.92. The second-order valence-electron chi connectivity index (χ2n) is 10.2. The van der Waals surface area contributed by atoms with Gasteiger partial charge in [0.05, 0.1) is 11.1 Å². The average molecular weight is 571 g/mol. The standard InChI is InChI=1S/C32H34N4O4S/c1-21(2)25-16-24(14-15-26-29(30(31(33)37)35-40-26)32-34-20-41(3)36-32)27(38-18-22-10-6-4-7-11-22)17-28(25)39-19-23-12-8-5-9-13-23/h4-13,16-17,20-21,32H,14-15,18-19H2,1-3H3,(H2,33,37). The predicted octanol–water partition coefficient (Wildman–Crippen LogP) is 6.31. The minimum atomic E-state index is -0.655. The van der Waals surface area contributed by atoms with Crippen LogP contribution in [0.15, 0.2) is 86.7 Å². The van der Waals surface area contributed by atoms with E-state index in [2.05, 4.69) is 34.4 Å². The number of carbonyl (C=O) groups is 1. The van der Waals surface area contributed by atoms with Crippen LogP contribution in [0.5, 0.6) is 11.5 Å². The summed E-state index contributed by atoms with van der Waals surface area (Å²) in [7, 11) is -0.331. The van der Waals surface area contributed by atoms with Crippen LogP contribution in [0, 0.1) is 0 Å². The van der Waals surface area contributed by atoms with Gasteiger partial charge in [0.15, 0.2) is 11.9 Å². The molecule has 212 valence electrons. The van der Waals surface area contributed by atoms with E-state index in [1.165, 1.54) is 0 Å². The number of hydrogen-bond acceptors (Lipinski definition) is 7. The number of rotatable bonds is 12. The molecule has 1 aliphatic heterocycles. The summed E-state index contributed by atoms with van der Waals surface area (Å²) in [5, 5.41) is 3.98. The first-order valence-electron chi connectivity index (χ1n) is 13.6. The molecule has 2 heterocycles. The molecule has 0 saturated heterocycles. The van der Waals surface area contributed by atoms with Gasteiger partial charge in [-0.1, -0.05) is 90.4 Å². The molecule has 41 heavy (non-hydrogen) atoms. The Hall–Kier alpha value is -4.24. The Bertz CT molecular complexity index is 1570. The topological polar surface area (TPSA) is 112 Å². The van der Waals surface area contributed by atoms with Crippen molar-refractivity contribution in [2.75, 3.05) is 6.26 Å². The minimum Gasteiger partial charge on any atom is -0.488 e. The van der Waals surface area contributed by atoms with Crippen molar-refractivity contribution in [2.45, 2.75) is 52.0 Å². The van der Waals surface area contributed by atoms with Gasteiger partial charge in [-0.2, -0.15) is 0 Å². The molecule has 0 saturated carbocycles. The Kier molecular flexibility index (Phi) is 8.94. The van der Waals surface area contributed by atoms with Crippen LogP contribution >= 0.6 is 0 Å². The highest BCUT2D eigenvalue weighted by Gasteiger charge is 2.28. The van der Waals surface area contributed by atoms with Crippen molar-refractivity contribution >= 4 is 22.1 Å². The molecule has 0 bridgehead atoms. The highest BCUT2D eigenvalue weighted by atomic mass is 32.2. The van der Waals surface area contributed by atoms with E-state index in [1.807, 2.05) is 73.0 Å². The molecule has 2 atom stereocenters. The zero-order valence-corrected chi connectivity index (χ0v) is 24.3. The van der Waals surface area contributed by atoms with Gasteiger partial charge in [-0.05, 0) is 46.9 Å². The van der Waals surface area contributed by atoms with E-state index < -0.39 is 12.1 Å². The lowest BCUT2D eigenvalue weighted by Crippen LogP contribution is -2.15. The maximum Gasteiger partial charge on any atom is 0.271 e. The third-order valence-electron chi connectivity index (χ3n) is 6.83. The van der Waals surface area contributed by atoms with Gasteiger partial charge in [0.25, 0.3) is 5.91 Å². The van der Waals surface area contributed by atoms with E-state index >= 15 is 0 Å². The molecule has 0 spiro atoms. The molecule has 2 unspecified atom stereocenters. The summed E-state index contributed by atoms with van der Waals surface area (Å²) in [5.74, 6) is 1.64.